The average Bonchev–Trinajstić information content (AvgIpc) is 2.97. The van der Waals surface area contributed by atoms with Crippen LogP contribution in [-0.2, 0) is 9.59 Å². The van der Waals surface area contributed by atoms with Crippen LogP contribution in [0.15, 0.2) is 17.5 Å². The van der Waals surface area contributed by atoms with Gasteiger partial charge in [-0.3, -0.25) is 9.59 Å². The van der Waals surface area contributed by atoms with E-state index in [0.29, 0.717) is 13.1 Å². The number of thiophene rings is 1. The number of hydrogen-bond donors (Lipinski definition) is 2. The van der Waals surface area contributed by atoms with E-state index in [1.54, 1.807) is 0 Å². The Balaban J connectivity index is 2.64. The number of nitrogens with one attached hydrogen (secondary N) is 1. The summed E-state index contributed by atoms with van der Waals surface area (Å²) in [7, 11) is 0. The van der Waals surface area contributed by atoms with Crippen LogP contribution in [0.5, 0.6) is 0 Å². The first-order valence-electron chi connectivity index (χ1n) is 6.94. The van der Waals surface area contributed by atoms with Gasteiger partial charge in [0, 0.05) is 18.0 Å². The smallest absolute Gasteiger partial charge is 0.245 e. The molecule has 1 atom stereocenters. The molecule has 0 spiro atoms. The first-order chi connectivity index (χ1) is 9.60. The average molecular weight is 297 g/mol. The third-order valence-corrected chi connectivity index (χ3v) is 3.78. The fourth-order valence-electron chi connectivity index (χ4n) is 1.82. The maximum atomic E-state index is 12.4. The minimum atomic E-state index is -0.680. The molecule has 1 heterocycles. The van der Waals surface area contributed by atoms with Gasteiger partial charge in [-0.05, 0) is 24.3 Å². The molecule has 1 aromatic heterocycles. The highest BCUT2D eigenvalue weighted by Crippen LogP contribution is 2.18. The number of carbonyl (C=O) groups excluding carboxylic acids is 2. The normalized spacial score (nSPS) is 11.9. The van der Waals surface area contributed by atoms with Gasteiger partial charge in [0.1, 0.15) is 6.04 Å². The largest absolute Gasteiger partial charge is 0.355 e. The van der Waals surface area contributed by atoms with E-state index in [0.717, 1.165) is 17.7 Å². The Bertz CT molecular complexity index is 420. The molecule has 0 fully saturated rings. The molecule has 3 N–H and O–H groups in total. The molecule has 0 saturated heterocycles. The summed E-state index contributed by atoms with van der Waals surface area (Å²) >= 11 is 1.45. The molecule has 0 aliphatic carbocycles. The zero-order valence-corrected chi connectivity index (χ0v) is 12.9. The summed E-state index contributed by atoms with van der Waals surface area (Å²) in [4.78, 5) is 26.5. The standard InChI is InChI=1S/C14H23N3O2S/c1-3-7-16-12(18)10-17(8-4-2)14(19)13(15)11-6-5-9-20-11/h5-6,9,13H,3-4,7-8,10,15H2,1-2H3,(H,16,18). The van der Waals surface area contributed by atoms with Crippen LogP contribution in [0.4, 0.5) is 0 Å². The summed E-state index contributed by atoms with van der Waals surface area (Å²) in [6.07, 6.45) is 1.67. The Morgan fingerprint density at radius 2 is 2.15 bits per heavy atom. The van der Waals surface area contributed by atoms with Crippen LogP contribution in [0.1, 0.15) is 37.6 Å². The summed E-state index contributed by atoms with van der Waals surface area (Å²) in [5, 5.41) is 4.67. The lowest BCUT2D eigenvalue weighted by atomic mass is 10.2. The second-order valence-corrected chi connectivity index (χ2v) is 5.58. The van der Waals surface area contributed by atoms with Gasteiger partial charge in [-0.1, -0.05) is 19.9 Å². The van der Waals surface area contributed by atoms with Crippen LogP contribution in [0.3, 0.4) is 0 Å². The van der Waals surface area contributed by atoms with Crippen molar-refractivity contribution in [2.75, 3.05) is 19.6 Å². The molecule has 0 aliphatic rings. The van der Waals surface area contributed by atoms with Gasteiger partial charge in [-0.25, -0.2) is 0 Å². The topological polar surface area (TPSA) is 75.4 Å². The van der Waals surface area contributed by atoms with E-state index in [2.05, 4.69) is 5.32 Å². The van der Waals surface area contributed by atoms with Gasteiger partial charge in [0.25, 0.3) is 0 Å². The van der Waals surface area contributed by atoms with Crippen LogP contribution in [0.25, 0.3) is 0 Å². The van der Waals surface area contributed by atoms with Gasteiger partial charge in [-0.15, -0.1) is 11.3 Å². The molecular formula is C14H23N3O2S. The SMILES string of the molecule is CCCNC(=O)CN(CCC)C(=O)C(N)c1cccs1. The molecule has 5 nitrogen and oxygen atoms in total. The Kier molecular flexibility index (Phi) is 7.25. The number of nitrogens with two attached hydrogens (primary N) is 1. The predicted octanol–water partition coefficient (Wildman–Crippen LogP) is 1.51. The Morgan fingerprint density at radius 1 is 1.40 bits per heavy atom. The summed E-state index contributed by atoms with van der Waals surface area (Å²) in [6.45, 7) is 5.20. The number of nitrogens with zero attached hydrogens (tertiary/aromatic N) is 1. The second kappa shape index (κ2) is 8.71. The highest BCUT2D eigenvalue weighted by atomic mass is 32.1. The van der Waals surface area contributed by atoms with Crippen molar-refractivity contribution < 1.29 is 9.59 Å². The van der Waals surface area contributed by atoms with Gasteiger partial charge in [-0.2, -0.15) is 0 Å². The molecule has 1 aromatic rings. The lowest BCUT2D eigenvalue weighted by molar-refractivity contribution is -0.137. The van der Waals surface area contributed by atoms with Gasteiger partial charge in [0.2, 0.25) is 11.8 Å². The number of rotatable bonds is 8. The maximum Gasteiger partial charge on any atom is 0.245 e. The van der Waals surface area contributed by atoms with E-state index in [9.17, 15) is 9.59 Å². The Hall–Kier alpha value is -1.40. The van der Waals surface area contributed by atoms with Crippen LogP contribution in [-0.4, -0.2) is 36.3 Å². The van der Waals surface area contributed by atoms with Crippen LogP contribution < -0.4 is 11.1 Å². The van der Waals surface area contributed by atoms with Crippen LogP contribution >= 0.6 is 11.3 Å². The van der Waals surface area contributed by atoms with Gasteiger partial charge < -0.3 is 16.0 Å². The van der Waals surface area contributed by atoms with Gasteiger partial charge in [0.05, 0.1) is 6.54 Å². The van der Waals surface area contributed by atoms with Crippen molar-refractivity contribution in [3.8, 4) is 0 Å². The highest BCUT2D eigenvalue weighted by molar-refractivity contribution is 7.10. The molecule has 0 radical (unpaired) electrons. The predicted molar refractivity (Wildman–Crippen MR) is 81.4 cm³/mol. The molecule has 6 heteroatoms. The van der Waals surface area contributed by atoms with E-state index in [1.807, 2.05) is 31.4 Å². The second-order valence-electron chi connectivity index (χ2n) is 4.60. The van der Waals surface area contributed by atoms with Crippen molar-refractivity contribution >= 4 is 23.2 Å². The zero-order chi connectivity index (χ0) is 15.0. The number of carbonyl (C=O) groups is 2. The van der Waals surface area contributed by atoms with Crippen molar-refractivity contribution in [3.05, 3.63) is 22.4 Å². The molecule has 112 valence electrons. The van der Waals surface area contributed by atoms with Crippen molar-refractivity contribution in [1.82, 2.24) is 10.2 Å². The number of hydrogen-bond acceptors (Lipinski definition) is 4. The summed E-state index contributed by atoms with van der Waals surface area (Å²) in [6, 6.07) is 3.03. The zero-order valence-electron chi connectivity index (χ0n) is 12.1. The van der Waals surface area contributed by atoms with E-state index in [1.165, 1.54) is 16.2 Å². The first-order valence-corrected chi connectivity index (χ1v) is 7.82. The molecule has 2 amide bonds. The van der Waals surface area contributed by atoms with E-state index < -0.39 is 6.04 Å². The highest BCUT2D eigenvalue weighted by Gasteiger charge is 2.24. The minimum absolute atomic E-state index is 0.0751. The monoisotopic (exact) mass is 297 g/mol. The van der Waals surface area contributed by atoms with Crippen molar-refractivity contribution in [2.24, 2.45) is 5.73 Å². The van der Waals surface area contributed by atoms with Gasteiger partial charge >= 0.3 is 0 Å². The maximum absolute atomic E-state index is 12.4. The first kappa shape index (κ1) is 16.7. The van der Waals surface area contributed by atoms with Crippen molar-refractivity contribution in [2.45, 2.75) is 32.7 Å². The summed E-state index contributed by atoms with van der Waals surface area (Å²) in [5.74, 6) is -0.326. The molecule has 0 bridgehead atoms. The third kappa shape index (κ3) is 4.94. The van der Waals surface area contributed by atoms with Gasteiger partial charge in [0.15, 0.2) is 0 Å². The van der Waals surface area contributed by atoms with E-state index >= 15 is 0 Å². The Labute approximate surface area is 124 Å². The fraction of sp³-hybridized carbons (Fsp3) is 0.571. The minimum Gasteiger partial charge on any atom is -0.355 e. The molecule has 1 unspecified atom stereocenters. The number of amides is 2. The molecule has 0 aromatic carbocycles. The van der Waals surface area contributed by atoms with Crippen molar-refractivity contribution in [3.63, 3.8) is 0 Å². The van der Waals surface area contributed by atoms with E-state index in [-0.39, 0.29) is 18.4 Å². The molecule has 0 saturated carbocycles. The van der Waals surface area contributed by atoms with Crippen LogP contribution in [0, 0.1) is 0 Å². The fourth-order valence-corrected chi connectivity index (χ4v) is 2.54. The summed E-state index contributed by atoms with van der Waals surface area (Å²) < 4.78 is 0. The molecule has 1 rings (SSSR count). The summed E-state index contributed by atoms with van der Waals surface area (Å²) in [5.41, 5.74) is 5.98. The molecule has 20 heavy (non-hydrogen) atoms. The van der Waals surface area contributed by atoms with Crippen molar-refractivity contribution in [1.29, 1.82) is 0 Å². The molecule has 0 aliphatic heterocycles. The van der Waals surface area contributed by atoms with E-state index in [4.69, 9.17) is 5.73 Å². The quantitative estimate of drug-likeness (QED) is 0.764. The lowest BCUT2D eigenvalue weighted by Crippen LogP contribution is -2.44. The molecular weight excluding hydrogens is 274 g/mol. The third-order valence-electron chi connectivity index (χ3n) is 2.83. The van der Waals surface area contributed by atoms with Crippen LogP contribution in [0.2, 0.25) is 0 Å². The lowest BCUT2D eigenvalue weighted by Gasteiger charge is -2.24. The Morgan fingerprint density at radius 3 is 2.70 bits per heavy atom.